The molecule has 0 radical (unpaired) electrons. The molecule has 14 heavy (non-hydrogen) atoms. The Morgan fingerprint density at radius 2 is 2.00 bits per heavy atom. The molecule has 1 aromatic rings. The van der Waals surface area contributed by atoms with Crippen molar-refractivity contribution in [3.05, 3.63) is 34.9 Å². The minimum absolute atomic E-state index is 0.843. The summed E-state index contributed by atoms with van der Waals surface area (Å²) in [6, 6.07) is 8.13. The molecule has 0 aromatic heterocycles. The van der Waals surface area contributed by atoms with Gasteiger partial charge in [0.2, 0.25) is 0 Å². The van der Waals surface area contributed by atoms with Crippen LogP contribution in [-0.2, 0) is 6.42 Å². The lowest BCUT2D eigenvalue weighted by Gasteiger charge is -2.08. The number of rotatable bonds is 5. The second kappa shape index (κ2) is 6.05. The van der Waals surface area contributed by atoms with Crippen molar-refractivity contribution in [3.8, 4) is 0 Å². The van der Waals surface area contributed by atoms with E-state index in [9.17, 15) is 0 Å². The molecule has 0 N–H and O–H groups in total. The molecule has 0 saturated carbocycles. The first-order chi connectivity index (χ1) is 6.68. The number of hydrogen-bond donors (Lipinski definition) is 0. The summed E-state index contributed by atoms with van der Waals surface area (Å²) in [7, 11) is 4.22. The Hall–Kier alpha value is -0.530. The molecule has 0 atom stereocenters. The largest absolute Gasteiger partial charge is 0.309 e. The molecule has 0 heterocycles. The van der Waals surface area contributed by atoms with E-state index in [1.165, 1.54) is 24.9 Å². The fraction of sp³-hybridized carbons (Fsp3) is 0.500. The molecule has 1 nitrogen and oxygen atoms in total. The molecule has 2 heteroatoms. The third kappa shape index (κ3) is 4.64. The van der Waals surface area contributed by atoms with Crippen molar-refractivity contribution in [3.63, 3.8) is 0 Å². The molecule has 0 aliphatic carbocycles. The quantitative estimate of drug-likeness (QED) is 0.676. The van der Waals surface area contributed by atoms with Gasteiger partial charge in [-0.2, -0.15) is 0 Å². The highest BCUT2D eigenvalue weighted by atomic mass is 35.5. The van der Waals surface area contributed by atoms with Crippen molar-refractivity contribution in [1.82, 2.24) is 4.90 Å². The third-order valence-corrected chi connectivity index (χ3v) is 2.44. The Bertz CT molecular complexity index is 271. The van der Waals surface area contributed by atoms with E-state index in [2.05, 4.69) is 31.1 Å². The van der Waals surface area contributed by atoms with E-state index in [0.29, 0.717) is 0 Å². The minimum Gasteiger partial charge on any atom is -0.309 e. The summed E-state index contributed by atoms with van der Waals surface area (Å²) in [6.07, 6.45) is 3.62. The summed E-state index contributed by atoms with van der Waals surface area (Å²) in [6.45, 7) is 1.17. The molecule has 0 fully saturated rings. The van der Waals surface area contributed by atoms with Gasteiger partial charge in [-0.25, -0.2) is 0 Å². The lowest BCUT2D eigenvalue weighted by Crippen LogP contribution is -2.12. The number of aryl methyl sites for hydroxylation is 1. The summed E-state index contributed by atoms with van der Waals surface area (Å²) in [5.74, 6) is 0. The van der Waals surface area contributed by atoms with Gasteiger partial charge >= 0.3 is 0 Å². The van der Waals surface area contributed by atoms with Crippen molar-refractivity contribution in [2.24, 2.45) is 0 Å². The van der Waals surface area contributed by atoms with Crippen molar-refractivity contribution >= 4 is 11.6 Å². The standard InChI is InChI=1S/C12H18ClN/c1-14(2)9-4-3-6-11-7-5-8-12(13)10-11/h5,7-8,10H,3-4,6,9H2,1-2H3. The van der Waals surface area contributed by atoms with Gasteiger partial charge in [0.15, 0.2) is 0 Å². The molecule has 0 aliphatic rings. The highest BCUT2D eigenvalue weighted by molar-refractivity contribution is 6.30. The maximum atomic E-state index is 5.90. The fourth-order valence-corrected chi connectivity index (χ4v) is 1.66. The van der Waals surface area contributed by atoms with Crippen LogP contribution in [-0.4, -0.2) is 25.5 Å². The van der Waals surface area contributed by atoms with Crippen molar-refractivity contribution in [2.75, 3.05) is 20.6 Å². The van der Waals surface area contributed by atoms with Gasteiger partial charge in [0.1, 0.15) is 0 Å². The molecule has 0 unspecified atom stereocenters. The van der Waals surface area contributed by atoms with Gasteiger partial charge in [-0.05, 0) is 57.6 Å². The van der Waals surface area contributed by atoms with Crippen LogP contribution in [0, 0.1) is 0 Å². The SMILES string of the molecule is CN(C)CCCCc1cccc(Cl)c1. The first-order valence-corrected chi connectivity index (χ1v) is 5.45. The highest BCUT2D eigenvalue weighted by Gasteiger charge is 1.95. The van der Waals surface area contributed by atoms with E-state index in [0.717, 1.165) is 11.4 Å². The zero-order valence-electron chi connectivity index (χ0n) is 8.96. The molecule has 0 bridgehead atoms. The second-order valence-electron chi connectivity index (χ2n) is 3.89. The van der Waals surface area contributed by atoms with E-state index >= 15 is 0 Å². The van der Waals surface area contributed by atoms with E-state index in [1.54, 1.807) is 0 Å². The zero-order chi connectivity index (χ0) is 10.4. The van der Waals surface area contributed by atoms with Crippen LogP contribution in [0.5, 0.6) is 0 Å². The predicted octanol–water partition coefficient (Wildman–Crippen LogP) is 3.22. The molecule has 0 spiro atoms. The summed E-state index contributed by atoms with van der Waals surface area (Å²) in [5.41, 5.74) is 1.34. The molecular weight excluding hydrogens is 194 g/mol. The number of nitrogens with zero attached hydrogens (tertiary/aromatic N) is 1. The summed E-state index contributed by atoms with van der Waals surface area (Å²) in [4.78, 5) is 2.22. The van der Waals surface area contributed by atoms with E-state index < -0.39 is 0 Å². The fourth-order valence-electron chi connectivity index (χ4n) is 1.45. The normalized spacial score (nSPS) is 10.9. The van der Waals surface area contributed by atoms with E-state index in [4.69, 9.17) is 11.6 Å². The average Bonchev–Trinajstić information content (AvgIpc) is 2.12. The second-order valence-corrected chi connectivity index (χ2v) is 4.33. The van der Waals surface area contributed by atoms with Gasteiger partial charge in [-0.3, -0.25) is 0 Å². The molecule has 0 aliphatic heterocycles. The van der Waals surface area contributed by atoms with Crippen molar-refractivity contribution in [2.45, 2.75) is 19.3 Å². The van der Waals surface area contributed by atoms with Crippen LogP contribution < -0.4 is 0 Å². The minimum atomic E-state index is 0.843. The van der Waals surface area contributed by atoms with Crippen molar-refractivity contribution < 1.29 is 0 Å². The van der Waals surface area contributed by atoms with Crippen LogP contribution >= 0.6 is 11.6 Å². The first kappa shape index (κ1) is 11.5. The van der Waals surface area contributed by atoms with Gasteiger partial charge in [0.25, 0.3) is 0 Å². The van der Waals surface area contributed by atoms with Gasteiger partial charge in [0.05, 0.1) is 0 Å². The Morgan fingerprint density at radius 3 is 2.64 bits per heavy atom. The molecule has 0 saturated heterocycles. The topological polar surface area (TPSA) is 3.24 Å². The van der Waals surface area contributed by atoms with Crippen LogP contribution in [0.15, 0.2) is 24.3 Å². The van der Waals surface area contributed by atoms with Gasteiger partial charge in [0, 0.05) is 5.02 Å². The van der Waals surface area contributed by atoms with Crippen molar-refractivity contribution in [1.29, 1.82) is 0 Å². The van der Waals surface area contributed by atoms with Crippen LogP contribution in [0.2, 0.25) is 5.02 Å². The Morgan fingerprint density at radius 1 is 1.21 bits per heavy atom. The van der Waals surface area contributed by atoms with Crippen LogP contribution in [0.3, 0.4) is 0 Å². The van der Waals surface area contributed by atoms with E-state index in [1.807, 2.05) is 12.1 Å². The van der Waals surface area contributed by atoms with Crippen LogP contribution in [0.4, 0.5) is 0 Å². The van der Waals surface area contributed by atoms with Gasteiger partial charge in [-0.1, -0.05) is 23.7 Å². The zero-order valence-corrected chi connectivity index (χ0v) is 9.72. The molecular formula is C12H18ClN. The number of unbranched alkanes of at least 4 members (excludes halogenated alkanes) is 1. The Balaban J connectivity index is 2.25. The van der Waals surface area contributed by atoms with Crippen LogP contribution in [0.25, 0.3) is 0 Å². The summed E-state index contributed by atoms with van der Waals surface area (Å²) < 4.78 is 0. The predicted molar refractivity (Wildman–Crippen MR) is 62.9 cm³/mol. The number of hydrogen-bond acceptors (Lipinski definition) is 1. The summed E-state index contributed by atoms with van der Waals surface area (Å²) >= 11 is 5.90. The summed E-state index contributed by atoms with van der Waals surface area (Å²) in [5, 5.41) is 0.843. The maximum absolute atomic E-state index is 5.90. The monoisotopic (exact) mass is 211 g/mol. The average molecular weight is 212 g/mol. The third-order valence-electron chi connectivity index (χ3n) is 2.21. The highest BCUT2D eigenvalue weighted by Crippen LogP contribution is 2.12. The number of benzene rings is 1. The Labute approximate surface area is 91.7 Å². The smallest absolute Gasteiger partial charge is 0.0408 e. The maximum Gasteiger partial charge on any atom is 0.0408 e. The number of halogens is 1. The molecule has 78 valence electrons. The first-order valence-electron chi connectivity index (χ1n) is 5.07. The lowest BCUT2D eigenvalue weighted by atomic mass is 10.1. The Kier molecular flexibility index (Phi) is 4.99. The van der Waals surface area contributed by atoms with Crippen LogP contribution in [0.1, 0.15) is 18.4 Å². The molecule has 1 rings (SSSR count). The lowest BCUT2D eigenvalue weighted by molar-refractivity contribution is 0.394. The molecule has 0 amide bonds. The van der Waals surface area contributed by atoms with E-state index in [-0.39, 0.29) is 0 Å². The molecule has 1 aromatic carbocycles. The van der Waals surface area contributed by atoms with Gasteiger partial charge in [-0.15, -0.1) is 0 Å². The van der Waals surface area contributed by atoms with Gasteiger partial charge < -0.3 is 4.90 Å².